The quantitative estimate of drug-likeness (QED) is 0.897. The number of nitrogens with one attached hydrogen (secondary N) is 1. The first-order valence-electron chi connectivity index (χ1n) is 6.26. The molecule has 0 saturated heterocycles. The predicted octanol–water partition coefficient (Wildman–Crippen LogP) is 2.51. The number of thiazole rings is 1. The van der Waals surface area contributed by atoms with Crippen LogP contribution in [0.3, 0.4) is 0 Å². The first kappa shape index (κ1) is 13.8. The number of aromatic nitrogens is 1. The summed E-state index contributed by atoms with van der Waals surface area (Å²) in [6, 6.07) is 0.0258. The number of anilines is 1. The topological polar surface area (TPSA) is 68.0 Å². The molecule has 3 rings (SSSR count). The first-order valence-corrected chi connectivity index (χ1v) is 7.14. The Morgan fingerprint density at radius 2 is 2.17 bits per heavy atom. The highest BCUT2D eigenvalue weighted by Gasteiger charge is 2.31. The van der Waals surface area contributed by atoms with E-state index in [9.17, 15) is 4.79 Å². The van der Waals surface area contributed by atoms with Gasteiger partial charge >= 0.3 is 0 Å². The SMILES string of the molecule is Cl.NC1CCCC1C(=O)Nc1nc(C2CC2)cs1. The minimum absolute atomic E-state index is 0. The van der Waals surface area contributed by atoms with Gasteiger partial charge in [0.2, 0.25) is 5.91 Å². The van der Waals surface area contributed by atoms with Gasteiger partial charge in [0.25, 0.3) is 0 Å². The average Bonchev–Trinajstić information content (AvgIpc) is 2.90. The lowest BCUT2D eigenvalue weighted by molar-refractivity contribution is -0.120. The van der Waals surface area contributed by atoms with Crippen molar-refractivity contribution in [3.8, 4) is 0 Å². The predicted molar refractivity (Wildman–Crippen MR) is 75.3 cm³/mol. The summed E-state index contributed by atoms with van der Waals surface area (Å²) in [5.41, 5.74) is 7.06. The molecule has 3 N–H and O–H groups in total. The Hall–Kier alpha value is -0.650. The van der Waals surface area contributed by atoms with Gasteiger partial charge in [0.15, 0.2) is 5.13 Å². The monoisotopic (exact) mass is 287 g/mol. The Morgan fingerprint density at radius 3 is 2.78 bits per heavy atom. The normalized spacial score (nSPS) is 26.7. The Balaban J connectivity index is 0.00000120. The summed E-state index contributed by atoms with van der Waals surface area (Å²) in [7, 11) is 0. The van der Waals surface area contributed by atoms with E-state index in [0.717, 1.165) is 30.1 Å². The van der Waals surface area contributed by atoms with Crippen molar-refractivity contribution in [1.82, 2.24) is 4.98 Å². The van der Waals surface area contributed by atoms with E-state index in [1.807, 2.05) is 0 Å². The van der Waals surface area contributed by atoms with E-state index in [4.69, 9.17) is 5.73 Å². The summed E-state index contributed by atoms with van der Waals surface area (Å²) in [6.07, 6.45) is 5.41. The van der Waals surface area contributed by atoms with Crippen LogP contribution in [-0.2, 0) is 4.79 Å². The van der Waals surface area contributed by atoms with E-state index in [2.05, 4.69) is 15.7 Å². The maximum absolute atomic E-state index is 12.0. The number of nitrogens with zero attached hydrogens (tertiary/aromatic N) is 1. The summed E-state index contributed by atoms with van der Waals surface area (Å²) in [6.45, 7) is 0. The second-order valence-electron chi connectivity index (χ2n) is 5.04. The van der Waals surface area contributed by atoms with Crippen LogP contribution in [-0.4, -0.2) is 16.9 Å². The van der Waals surface area contributed by atoms with Crippen LogP contribution in [0, 0.1) is 5.92 Å². The van der Waals surface area contributed by atoms with E-state index < -0.39 is 0 Å². The smallest absolute Gasteiger partial charge is 0.230 e. The number of halogens is 1. The summed E-state index contributed by atoms with van der Waals surface area (Å²) >= 11 is 1.52. The first-order chi connectivity index (χ1) is 8.24. The molecule has 0 spiro atoms. The molecule has 2 fully saturated rings. The number of carbonyl (C=O) groups is 1. The zero-order chi connectivity index (χ0) is 11.8. The van der Waals surface area contributed by atoms with E-state index in [1.165, 1.54) is 24.2 Å². The third-order valence-corrected chi connectivity index (χ3v) is 4.43. The van der Waals surface area contributed by atoms with Crippen LogP contribution in [0.25, 0.3) is 0 Å². The summed E-state index contributed by atoms with van der Waals surface area (Å²) in [5, 5.41) is 5.70. The molecule has 0 bridgehead atoms. The number of rotatable bonds is 3. The molecule has 0 radical (unpaired) electrons. The molecule has 2 saturated carbocycles. The molecule has 4 nitrogen and oxygen atoms in total. The minimum atomic E-state index is -0.0247. The number of carbonyl (C=O) groups excluding carboxylic acids is 1. The van der Waals surface area contributed by atoms with Gasteiger partial charge in [-0.15, -0.1) is 23.7 Å². The van der Waals surface area contributed by atoms with Gasteiger partial charge in [0.1, 0.15) is 0 Å². The molecule has 2 unspecified atom stereocenters. The van der Waals surface area contributed by atoms with Gasteiger partial charge in [0.05, 0.1) is 11.6 Å². The van der Waals surface area contributed by atoms with Gasteiger partial charge in [-0.1, -0.05) is 6.42 Å². The summed E-state index contributed by atoms with van der Waals surface area (Å²) < 4.78 is 0. The van der Waals surface area contributed by atoms with Crippen molar-refractivity contribution in [1.29, 1.82) is 0 Å². The molecule has 2 atom stereocenters. The molecule has 18 heavy (non-hydrogen) atoms. The minimum Gasteiger partial charge on any atom is -0.327 e. The molecule has 1 amide bonds. The van der Waals surface area contributed by atoms with Crippen LogP contribution in [0.2, 0.25) is 0 Å². The highest BCUT2D eigenvalue weighted by Crippen LogP contribution is 2.41. The van der Waals surface area contributed by atoms with Crippen molar-refractivity contribution in [2.24, 2.45) is 11.7 Å². The summed E-state index contributed by atoms with van der Waals surface area (Å²) in [4.78, 5) is 16.4. The molecule has 6 heteroatoms. The number of amides is 1. The molecule has 100 valence electrons. The Labute approximate surface area is 117 Å². The molecular formula is C12H18ClN3OS. The number of hydrogen-bond acceptors (Lipinski definition) is 4. The second-order valence-corrected chi connectivity index (χ2v) is 5.90. The maximum atomic E-state index is 12.0. The van der Waals surface area contributed by atoms with Crippen molar-refractivity contribution in [2.75, 3.05) is 5.32 Å². The fourth-order valence-corrected chi connectivity index (χ4v) is 3.22. The average molecular weight is 288 g/mol. The van der Waals surface area contributed by atoms with Crippen LogP contribution in [0.4, 0.5) is 5.13 Å². The zero-order valence-electron chi connectivity index (χ0n) is 10.1. The second kappa shape index (κ2) is 5.55. The highest BCUT2D eigenvalue weighted by atomic mass is 35.5. The molecule has 2 aliphatic carbocycles. The van der Waals surface area contributed by atoms with Crippen LogP contribution in [0.1, 0.15) is 43.7 Å². The lowest BCUT2D eigenvalue weighted by Gasteiger charge is -2.13. The largest absolute Gasteiger partial charge is 0.327 e. The van der Waals surface area contributed by atoms with Crippen molar-refractivity contribution in [2.45, 2.75) is 44.1 Å². The van der Waals surface area contributed by atoms with E-state index >= 15 is 0 Å². The van der Waals surface area contributed by atoms with Crippen LogP contribution in [0.5, 0.6) is 0 Å². The fourth-order valence-electron chi connectivity index (χ4n) is 2.42. The van der Waals surface area contributed by atoms with Crippen LogP contribution in [0.15, 0.2) is 5.38 Å². The van der Waals surface area contributed by atoms with Gasteiger partial charge in [-0.3, -0.25) is 4.79 Å². The Kier molecular flexibility index (Phi) is 4.25. The Morgan fingerprint density at radius 1 is 1.39 bits per heavy atom. The van der Waals surface area contributed by atoms with Gasteiger partial charge < -0.3 is 11.1 Å². The van der Waals surface area contributed by atoms with Crippen molar-refractivity contribution >= 4 is 34.8 Å². The van der Waals surface area contributed by atoms with Gasteiger partial charge in [-0.2, -0.15) is 0 Å². The molecule has 1 aromatic heterocycles. The number of hydrogen-bond donors (Lipinski definition) is 2. The van der Waals surface area contributed by atoms with Gasteiger partial charge in [-0.25, -0.2) is 4.98 Å². The third-order valence-electron chi connectivity index (χ3n) is 3.65. The highest BCUT2D eigenvalue weighted by molar-refractivity contribution is 7.13. The van der Waals surface area contributed by atoms with E-state index in [0.29, 0.717) is 5.92 Å². The van der Waals surface area contributed by atoms with E-state index in [-0.39, 0.29) is 30.3 Å². The summed E-state index contributed by atoms with van der Waals surface area (Å²) in [5.74, 6) is 0.667. The molecule has 1 heterocycles. The lowest BCUT2D eigenvalue weighted by Crippen LogP contribution is -2.34. The Bertz CT molecular complexity index is 433. The van der Waals surface area contributed by atoms with Gasteiger partial charge in [-0.05, 0) is 25.7 Å². The lowest BCUT2D eigenvalue weighted by atomic mass is 10.0. The molecule has 0 aliphatic heterocycles. The zero-order valence-corrected chi connectivity index (χ0v) is 11.7. The third kappa shape index (κ3) is 2.84. The standard InChI is InChI=1S/C12H17N3OS.ClH/c13-9-3-1-2-8(9)11(16)15-12-14-10(6-17-12)7-4-5-7;/h6-9H,1-5,13H2,(H,14,15,16);1H. The molecule has 1 aromatic rings. The van der Waals surface area contributed by atoms with E-state index in [1.54, 1.807) is 0 Å². The van der Waals surface area contributed by atoms with Crippen molar-refractivity contribution in [3.05, 3.63) is 11.1 Å². The molecular weight excluding hydrogens is 270 g/mol. The number of nitrogens with two attached hydrogens (primary N) is 1. The van der Waals surface area contributed by atoms with Crippen LogP contribution < -0.4 is 11.1 Å². The molecule has 0 aromatic carbocycles. The fraction of sp³-hybridized carbons (Fsp3) is 0.667. The van der Waals surface area contributed by atoms with Crippen LogP contribution >= 0.6 is 23.7 Å². The maximum Gasteiger partial charge on any atom is 0.230 e. The van der Waals surface area contributed by atoms with Gasteiger partial charge in [0, 0.05) is 17.3 Å². The molecule has 2 aliphatic rings. The van der Waals surface area contributed by atoms with Crippen molar-refractivity contribution in [3.63, 3.8) is 0 Å². The van der Waals surface area contributed by atoms with Crippen molar-refractivity contribution < 1.29 is 4.79 Å².